The fraction of sp³-hybridized carbons (Fsp3) is 0.500. The Labute approximate surface area is 90.7 Å². The highest BCUT2D eigenvalue weighted by molar-refractivity contribution is 5.46. The van der Waals surface area contributed by atoms with Gasteiger partial charge in [0.05, 0.1) is 5.69 Å². The molecule has 3 N–H and O–H groups in total. The van der Waals surface area contributed by atoms with Crippen LogP contribution in [0.15, 0.2) is 18.2 Å². The van der Waals surface area contributed by atoms with Gasteiger partial charge in [0.15, 0.2) is 0 Å². The zero-order valence-electron chi connectivity index (χ0n) is 9.39. The van der Waals surface area contributed by atoms with Crippen LogP contribution < -0.4 is 11.1 Å². The van der Waals surface area contributed by atoms with Gasteiger partial charge < -0.3 is 11.1 Å². The normalized spacial score (nSPS) is 10.7. The molecule has 0 aliphatic heterocycles. The minimum absolute atomic E-state index is 0.221. The zero-order valence-corrected chi connectivity index (χ0v) is 9.39. The van der Waals surface area contributed by atoms with Gasteiger partial charge in [-0.1, -0.05) is 19.9 Å². The molecule has 0 saturated heterocycles. The molecule has 3 heteroatoms. The van der Waals surface area contributed by atoms with Gasteiger partial charge >= 0.3 is 0 Å². The third-order valence-electron chi connectivity index (χ3n) is 2.31. The molecule has 2 nitrogen and oxygen atoms in total. The van der Waals surface area contributed by atoms with Gasteiger partial charge in [0.25, 0.3) is 0 Å². The van der Waals surface area contributed by atoms with Crippen molar-refractivity contribution in [1.82, 2.24) is 0 Å². The lowest BCUT2D eigenvalue weighted by molar-refractivity contribution is 0.599. The van der Waals surface area contributed by atoms with E-state index in [9.17, 15) is 4.39 Å². The monoisotopic (exact) mass is 210 g/mol. The Morgan fingerprint density at radius 3 is 2.67 bits per heavy atom. The molecule has 0 heterocycles. The summed E-state index contributed by atoms with van der Waals surface area (Å²) in [4.78, 5) is 0. The van der Waals surface area contributed by atoms with Gasteiger partial charge in [0.1, 0.15) is 5.82 Å². The first-order valence-corrected chi connectivity index (χ1v) is 5.36. The first-order chi connectivity index (χ1) is 7.13. The molecule has 0 aliphatic carbocycles. The minimum atomic E-state index is -0.221. The summed E-state index contributed by atoms with van der Waals surface area (Å²) in [5.74, 6) is 0.408. The number of hydrogen-bond acceptors (Lipinski definition) is 2. The molecule has 0 spiro atoms. The van der Waals surface area contributed by atoms with E-state index in [-0.39, 0.29) is 5.82 Å². The van der Waals surface area contributed by atoms with Gasteiger partial charge in [-0.25, -0.2) is 4.39 Å². The molecule has 1 rings (SSSR count). The molecule has 15 heavy (non-hydrogen) atoms. The number of benzene rings is 1. The van der Waals surface area contributed by atoms with Crippen LogP contribution in [0.4, 0.5) is 10.1 Å². The summed E-state index contributed by atoms with van der Waals surface area (Å²) in [6.07, 6.45) is 1.04. The maximum Gasteiger partial charge on any atom is 0.146 e. The quantitative estimate of drug-likeness (QED) is 0.784. The fourth-order valence-electron chi connectivity index (χ4n) is 1.32. The van der Waals surface area contributed by atoms with E-state index in [0.717, 1.165) is 18.5 Å². The Morgan fingerprint density at radius 1 is 1.40 bits per heavy atom. The van der Waals surface area contributed by atoms with Gasteiger partial charge in [0.2, 0.25) is 0 Å². The van der Waals surface area contributed by atoms with Crippen LogP contribution in [-0.4, -0.2) is 6.54 Å². The van der Waals surface area contributed by atoms with Crippen LogP contribution in [-0.2, 0) is 6.54 Å². The summed E-state index contributed by atoms with van der Waals surface area (Å²) in [5.41, 5.74) is 6.81. The van der Waals surface area contributed by atoms with E-state index >= 15 is 0 Å². The molecule has 0 saturated carbocycles. The van der Waals surface area contributed by atoms with E-state index < -0.39 is 0 Å². The van der Waals surface area contributed by atoms with E-state index in [4.69, 9.17) is 5.73 Å². The van der Waals surface area contributed by atoms with Gasteiger partial charge in [-0.3, -0.25) is 0 Å². The van der Waals surface area contributed by atoms with E-state index in [1.54, 1.807) is 6.07 Å². The SMILES string of the molecule is CC(C)CCNc1ccc(CN)cc1F. The summed E-state index contributed by atoms with van der Waals surface area (Å²) >= 11 is 0. The van der Waals surface area contributed by atoms with Crippen LogP contribution in [0.3, 0.4) is 0 Å². The standard InChI is InChI=1S/C12H19FN2/c1-9(2)5-6-15-12-4-3-10(8-14)7-11(12)13/h3-4,7,9,15H,5-6,8,14H2,1-2H3. The molecule has 0 atom stereocenters. The number of nitrogens with one attached hydrogen (secondary N) is 1. The summed E-state index contributed by atoms with van der Waals surface area (Å²) < 4.78 is 13.4. The predicted molar refractivity (Wildman–Crippen MR) is 62.2 cm³/mol. The molecular formula is C12H19FN2. The van der Waals surface area contributed by atoms with E-state index in [0.29, 0.717) is 18.2 Å². The number of anilines is 1. The summed E-state index contributed by atoms with van der Waals surface area (Å²) in [5, 5.41) is 3.08. The number of hydrogen-bond donors (Lipinski definition) is 2. The highest BCUT2D eigenvalue weighted by Gasteiger charge is 2.02. The number of nitrogens with two attached hydrogens (primary N) is 1. The molecule has 1 aromatic carbocycles. The van der Waals surface area contributed by atoms with Crippen LogP contribution in [0.25, 0.3) is 0 Å². The Balaban J connectivity index is 2.54. The van der Waals surface area contributed by atoms with Crippen molar-refractivity contribution in [2.75, 3.05) is 11.9 Å². The molecule has 84 valence electrons. The van der Waals surface area contributed by atoms with Crippen molar-refractivity contribution in [3.8, 4) is 0 Å². The van der Waals surface area contributed by atoms with Crippen molar-refractivity contribution in [2.45, 2.75) is 26.8 Å². The average Bonchev–Trinajstić information content (AvgIpc) is 2.20. The Bertz CT molecular complexity index is 310. The molecule has 1 aromatic rings. The topological polar surface area (TPSA) is 38.0 Å². The lowest BCUT2D eigenvalue weighted by Gasteiger charge is -2.09. The smallest absolute Gasteiger partial charge is 0.146 e. The molecule has 0 bridgehead atoms. The van der Waals surface area contributed by atoms with Crippen LogP contribution >= 0.6 is 0 Å². The zero-order chi connectivity index (χ0) is 11.3. The van der Waals surface area contributed by atoms with Crippen molar-refractivity contribution in [3.05, 3.63) is 29.6 Å². The largest absolute Gasteiger partial charge is 0.383 e. The number of halogens is 1. The van der Waals surface area contributed by atoms with Crippen LogP contribution in [0.2, 0.25) is 0 Å². The molecule has 0 unspecified atom stereocenters. The first-order valence-electron chi connectivity index (χ1n) is 5.36. The summed E-state index contributed by atoms with van der Waals surface area (Å²) in [6.45, 7) is 5.48. The fourth-order valence-corrected chi connectivity index (χ4v) is 1.32. The van der Waals surface area contributed by atoms with Crippen molar-refractivity contribution in [1.29, 1.82) is 0 Å². The highest BCUT2D eigenvalue weighted by atomic mass is 19.1. The highest BCUT2D eigenvalue weighted by Crippen LogP contribution is 2.15. The van der Waals surface area contributed by atoms with Crippen molar-refractivity contribution >= 4 is 5.69 Å². The van der Waals surface area contributed by atoms with Gasteiger partial charge in [-0.15, -0.1) is 0 Å². The molecule has 0 amide bonds. The number of rotatable bonds is 5. The second-order valence-electron chi connectivity index (χ2n) is 4.13. The van der Waals surface area contributed by atoms with Gasteiger partial charge in [-0.2, -0.15) is 0 Å². The van der Waals surface area contributed by atoms with Crippen molar-refractivity contribution in [3.63, 3.8) is 0 Å². The maximum atomic E-state index is 13.4. The molecule has 0 aromatic heterocycles. The van der Waals surface area contributed by atoms with E-state index in [2.05, 4.69) is 19.2 Å². The maximum absolute atomic E-state index is 13.4. The van der Waals surface area contributed by atoms with Crippen LogP contribution in [0.5, 0.6) is 0 Å². The first kappa shape index (κ1) is 12.0. The lowest BCUT2D eigenvalue weighted by Crippen LogP contribution is -2.07. The Kier molecular flexibility index (Phi) is 4.56. The second-order valence-corrected chi connectivity index (χ2v) is 4.13. The second kappa shape index (κ2) is 5.71. The lowest BCUT2D eigenvalue weighted by atomic mass is 10.1. The predicted octanol–water partition coefficient (Wildman–Crippen LogP) is 2.74. The molecule has 0 aliphatic rings. The molecule has 0 radical (unpaired) electrons. The molecule has 0 fully saturated rings. The van der Waals surface area contributed by atoms with Gasteiger partial charge in [-0.05, 0) is 30.0 Å². The van der Waals surface area contributed by atoms with Crippen LogP contribution in [0, 0.1) is 11.7 Å². The summed E-state index contributed by atoms with van der Waals surface area (Å²) in [7, 11) is 0. The summed E-state index contributed by atoms with van der Waals surface area (Å²) in [6, 6.07) is 5.08. The Morgan fingerprint density at radius 2 is 2.13 bits per heavy atom. The minimum Gasteiger partial charge on any atom is -0.383 e. The third-order valence-corrected chi connectivity index (χ3v) is 2.31. The van der Waals surface area contributed by atoms with E-state index in [1.165, 1.54) is 6.07 Å². The van der Waals surface area contributed by atoms with E-state index in [1.807, 2.05) is 6.07 Å². The van der Waals surface area contributed by atoms with Crippen molar-refractivity contribution in [2.24, 2.45) is 11.7 Å². The average molecular weight is 210 g/mol. The van der Waals surface area contributed by atoms with Crippen LogP contribution in [0.1, 0.15) is 25.8 Å². The Hall–Kier alpha value is -1.09. The third kappa shape index (κ3) is 3.88. The molecular weight excluding hydrogens is 191 g/mol. The van der Waals surface area contributed by atoms with Gasteiger partial charge in [0, 0.05) is 13.1 Å². The van der Waals surface area contributed by atoms with Crippen molar-refractivity contribution < 1.29 is 4.39 Å².